The number of aromatic nitrogens is 5. The molecule has 4 aromatic rings. The van der Waals surface area contributed by atoms with Gasteiger partial charge < -0.3 is 20.2 Å². The average molecular weight is 379 g/mol. The number of nitrogen functional groups attached to an aromatic ring is 1. The summed E-state index contributed by atoms with van der Waals surface area (Å²) in [5.41, 5.74) is 8.37. The van der Waals surface area contributed by atoms with E-state index in [-0.39, 0.29) is 5.95 Å². The number of furan rings is 1. The molecule has 4 heterocycles. The fourth-order valence-corrected chi connectivity index (χ4v) is 2.93. The molecule has 0 radical (unpaired) electrons. The topological polar surface area (TPSA) is 116 Å². The third-order valence-corrected chi connectivity index (χ3v) is 4.21. The number of nitrogens with one attached hydrogen (secondary N) is 1. The zero-order valence-electron chi connectivity index (χ0n) is 15.7. The number of aryl methyl sites for hydroxylation is 1. The first-order valence-electron chi connectivity index (χ1n) is 8.89. The number of nitrogens with two attached hydrogens (primary N) is 1. The van der Waals surface area contributed by atoms with E-state index in [2.05, 4.69) is 25.4 Å². The van der Waals surface area contributed by atoms with E-state index in [1.54, 1.807) is 17.8 Å². The first-order valence-corrected chi connectivity index (χ1v) is 8.89. The Morgan fingerprint density at radius 2 is 2.07 bits per heavy atom. The lowest BCUT2D eigenvalue weighted by Gasteiger charge is -2.07. The van der Waals surface area contributed by atoms with Crippen LogP contribution in [-0.4, -0.2) is 44.8 Å². The lowest BCUT2D eigenvalue weighted by atomic mass is 10.2. The van der Waals surface area contributed by atoms with Gasteiger partial charge in [0, 0.05) is 31.3 Å². The maximum absolute atomic E-state index is 5.94. The van der Waals surface area contributed by atoms with Crippen molar-refractivity contribution in [2.24, 2.45) is 0 Å². The molecule has 9 nitrogen and oxygen atoms in total. The molecule has 0 atom stereocenters. The van der Waals surface area contributed by atoms with Gasteiger partial charge in [-0.3, -0.25) is 0 Å². The van der Waals surface area contributed by atoms with Gasteiger partial charge in [0.15, 0.2) is 11.4 Å². The predicted molar refractivity (Wildman–Crippen MR) is 105 cm³/mol. The van der Waals surface area contributed by atoms with E-state index in [4.69, 9.17) is 14.9 Å². The summed E-state index contributed by atoms with van der Waals surface area (Å²) in [6.07, 6.45) is 2.33. The summed E-state index contributed by atoms with van der Waals surface area (Å²) in [5.74, 6) is 2.86. The summed E-state index contributed by atoms with van der Waals surface area (Å²) in [6.45, 7) is 3.18. The van der Waals surface area contributed by atoms with Crippen molar-refractivity contribution >= 4 is 17.4 Å². The molecular weight excluding hydrogens is 358 g/mol. The Kier molecular flexibility index (Phi) is 4.90. The summed E-state index contributed by atoms with van der Waals surface area (Å²) >= 11 is 0. The lowest BCUT2D eigenvalue weighted by Crippen LogP contribution is -2.09. The van der Waals surface area contributed by atoms with Gasteiger partial charge in [0.05, 0.1) is 12.8 Å². The minimum absolute atomic E-state index is 0.168. The number of pyridine rings is 1. The van der Waals surface area contributed by atoms with Gasteiger partial charge in [-0.25, -0.2) is 4.98 Å². The number of ether oxygens (including phenoxy) is 1. The maximum Gasteiger partial charge on any atom is 0.224 e. The Balaban J connectivity index is 1.65. The van der Waals surface area contributed by atoms with Gasteiger partial charge in [0.25, 0.3) is 0 Å². The molecule has 0 unspecified atom stereocenters. The van der Waals surface area contributed by atoms with Crippen molar-refractivity contribution in [1.82, 2.24) is 24.6 Å². The van der Waals surface area contributed by atoms with Crippen molar-refractivity contribution in [3.8, 4) is 11.6 Å². The van der Waals surface area contributed by atoms with Crippen LogP contribution in [0.15, 0.2) is 40.9 Å². The van der Waals surface area contributed by atoms with Crippen LogP contribution in [0.3, 0.4) is 0 Å². The zero-order chi connectivity index (χ0) is 19.5. The van der Waals surface area contributed by atoms with Crippen LogP contribution in [0, 0.1) is 6.92 Å². The first kappa shape index (κ1) is 17.9. The molecule has 0 saturated heterocycles. The Labute approximate surface area is 161 Å². The van der Waals surface area contributed by atoms with Gasteiger partial charge in [0.2, 0.25) is 11.8 Å². The molecule has 144 valence electrons. The molecular formula is C19H21N7O2. The second kappa shape index (κ2) is 7.65. The minimum atomic E-state index is 0.168. The van der Waals surface area contributed by atoms with E-state index in [1.807, 2.05) is 37.3 Å². The van der Waals surface area contributed by atoms with Gasteiger partial charge >= 0.3 is 0 Å². The highest BCUT2D eigenvalue weighted by Crippen LogP contribution is 2.23. The average Bonchev–Trinajstić information content (AvgIpc) is 3.28. The lowest BCUT2D eigenvalue weighted by molar-refractivity contribution is 0.210. The van der Waals surface area contributed by atoms with Crippen LogP contribution < -0.4 is 11.1 Å². The Bertz CT molecular complexity index is 1100. The van der Waals surface area contributed by atoms with E-state index < -0.39 is 0 Å². The fraction of sp³-hybridized carbons (Fsp3) is 0.263. The summed E-state index contributed by atoms with van der Waals surface area (Å²) in [6, 6.07) is 9.56. The standard InChI is InChI=1S/C19H21N7O2/c1-12-6-7-15(28-12)18-25-19(20)24-17-13(11-22-26(17)18)10-14-4-3-5-16(23-14)21-8-9-27-2/h3-7,11H,8-10H2,1-2H3,(H2,20,24)(H,21,23). The highest BCUT2D eigenvalue weighted by Gasteiger charge is 2.16. The molecule has 0 spiro atoms. The van der Waals surface area contributed by atoms with E-state index in [1.165, 1.54) is 0 Å². The van der Waals surface area contributed by atoms with Crippen molar-refractivity contribution in [2.45, 2.75) is 13.3 Å². The summed E-state index contributed by atoms with van der Waals surface area (Å²) in [4.78, 5) is 13.3. The SMILES string of the molecule is COCCNc1cccc(Cc2cnn3c(-c4ccc(C)o4)nc(N)nc23)n1. The molecule has 4 rings (SSSR count). The first-order chi connectivity index (χ1) is 13.6. The zero-order valence-corrected chi connectivity index (χ0v) is 15.7. The van der Waals surface area contributed by atoms with Gasteiger partial charge in [-0.2, -0.15) is 19.6 Å². The quantitative estimate of drug-likeness (QED) is 0.470. The van der Waals surface area contributed by atoms with Crippen LogP contribution in [0.5, 0.6) is 0 Å². The maximum atomic E-state index is 5.94. The van der Waals surface area contributed by atoms with Gasteiger partial charge in [-0.1, -0.05) is 6.07 Å². The molecule has 0 aliphatic carbocycles. The molecule has 0 aliphatic rings. The Morgan fingerprint density at radius 1 is 1.18 bits per heavy atom. The number of hydrogen-bond acceptors (Lipinski definition) is 8. The highest BCUT2D eigenvalue weighted by atomic mass is 16.5. The van der Waals surface area contributed by atoms with Crippen molar-refractivity contribution in [3.63, 3.8) is 0 Å². The van der Waals surface area contributed by atoms with Crippen molar-refractivity contribution in [2.75, 3.05) is 31.3 Å². The summed E-state index contributed by atoms with van der Waals surface area (Å²) in [7, 11) is 1.67. The molecule has 28 heavy (non-hydrogen) atoms. The molecule has 0 bridgehead atoms. The molecule has 0 amide bonds. The minimum Gasteiger partial charge on any atom is -0.458 e. The van der Waals surface area contributed by atoms with E-state index in [0.717, 1.165) is 22.8 Å². The monoisotopic (exact) mass is 379 g/mol. The summed E-state index contributed by atoms with van der Waals surface area (Å²) in [5, 5.41) is 7.67. The van der Waals surface area contributed by atoms with Crippen molar-refractivity contribution in [1.29, 1.82) is 0 Å². The number of anilines is 2. The number of methoxy groups -OCH3 is 1. The second-order valence-electron chi connectivity index (χ2n) is 6.33. The predicted octanol–water partition coefficient (Wildman–Crippen LogP) is 2.32. The van der Waals surface area contributed by atoms with Crippen LogP contribution >= 0.6 is 0 Å². The fourth-order valence-electron chi connectivity index (χ4n) is 2.93. The molecule has 0 aliphatic heterocycles. The van der Waals surface area contributed by atoms with Crippen molar-refractivity contribution in [3.05, 3.63) is 53.5 Å². The van der Waals surface area contributed by atoms with Crippen LogP contribution in [0.25, 0.3) is 17.2 Å². The van der Waals surface area contributed by atoms with E-state index in [9.17, 15) is 0 Å². The Morgan fingerprint density at radius 3 is 2.86 bits per heavy atom. The smallest absolute Gasteiger partial charge is 0.224 e. The molecule has 0 aromatic carbocycles. The number of hydrogen-bond donors (Lipinski definition) is 2. The molecule has 3 N–H and O–H groups in total. The third kappa shape index (κ3) is 3.65. The molecule has 0 saturated carbocycles. The molecule has 0 fully saturated rings. The van der Waals surface area contributed by atoms with Crippen LogP contribution in [0.1, 0.15) is 17.0 Å². The van der Waals surface area contributed by atoms with E-state index >= 15 is 0 Å². The van der Waals surface area contributed by atoms with Crippen LogP contribution in [0.4, 0.5) is 11.8 Å². The summed E-state index contributed by atoms with van der Waals surface area (Å²) < 4.78 is 12.4. The van der Waals surface area contributed by atoms with Crippen LogP contribution in [0.2, 0.25) is 0 Å². The number of fused-ring (bicyclic) bond motifs is 1. The normalized spacial score (nSPS) is 11.2. The Hall–Kier alpha value is -3.46. The van der Waals surface area contributed by atoms with Crippen LogP contribution in [-0.2, 0) is 11.2 Å². The second-order valence-corrected chi connectivity index (χ2v) is 6.33. The van der Waals surface area contributed by atoms with Gasteiger partial charge in [0.1, 0.15) is 11.6 Å². The molecule has 4 aromatic heterocycles. The van der Waals surface area contributed by atoms with E-state index in [0.29, 0.717) is 36.8 Å². The van der Waals surface area contributed by atoms with Crippen molar-refractivity contribution < 1.29 is 9.15 Å². The highest BCUT2D eigenvalue weighted by molar-refractivity contribution is 5.59. The number of rotatable bonds is 7. The third-order valence-electron chi connectivity index (χ3n) is 4.21. The molecule has 9 heteroatoms. The number of nitrogens with zero attached hydrogens (tertiary/aromatic N) is 5. The largest absolute Gasteiger partial charge is 0.458 e. The van der Waals surface area contributed by atoms with Gasteiger partial charge in [-0.05, 0) is 31.2 Å². The van der Waals surface area contributed by atoms with Gasteiger partial charge in [-0.15, -0.1) is 0 Å².